The van der Waals surface area contributed by atoms with E-state index in [0.717, 1.165) is 11.1 Å². The predicted molar refractivity (Wildman–Crippen MR) is 87.4 cm³/mol. The number of aryl methyl sites for hydroxylation is 2. The van der Waals surface area contributed by atoms with Crippen LogP contribution < -0.4 is 0 Å². The topological polar surface area (TPSA) is 70.5 Å². The minimum atomic E-state index is -1.02. The fraction of sp³-hybridized carbons (Fsp3) is 0.278. The number of carboxylic acids is 1. The second-order valence-electron chi connectivity index (χ2n) is 5.55. The zero-order chi connectivity index (χ0) is 17.0. The molecule has 1 N–H and O–H groups in total. The predicted octanol–water partition coefficient (Wildman–Crippen LogP) is 2.47. The lowest BCUT2D eigenvalue weighted by atomic mass is 10.0. The van der Waals surface area contributed by atoms with E-state index in [-0.39, 0.29) is 12.3 Å². The van der Waals surface area contributed by atoms with Gasteiger partial charge in [0.1, 0.15) is 6.04 Å². The molecule has 1 heterocycles. The molecule has 23 heavy (non-hydrogen) atoms. The lowest BCUT2D eigenvalue weighted by Gasteiger charge is -2.26. The molecule has 1 aromatic heterocycles. The summed E-state index contributed by atoms with van der Waals surface area (Å²) in [5.41, 5.74) is 2.73. The Kier molecular flexibility index (Phi) is 5.11. The van der Waals surface area contributed by atoms with Gasteiger partial charge in [0.2, 0.25) is 0 Å². The molecule has 2 aromatic rings. The largest absolute Gasteiger partial charge is 0.480 e. The molecule has 0 saturated carbocycles. The van der Waals surface area contributed by atoms with Gasteiger partial charge in [-0.15, -0.1) is 0 Å². The molecule has 0 saturated heterocycles. The molecule has 0 radical (unpaired) electrons. The number of likely N-dealkylation sites (N-methyl/N-ethyl adjacent to an activating group) is 1. The van der Waals surface area contributed by atoms with Crippen molar-refractivity contribution >= 4 is 11.9 Å². The maximum absolute atomic E-state index is 12.7. The third-order valence-corrected chi connectivity index (χ3v) is 3.91. The number of carbonyl (C=O) groups is 2. The summed E-state index contributed by atoms with van der Waals surface area (Å²) in [5.74, 6) is -1.35. The summed E-state index contributed by atoms with van der Waals surface area (Å²) in [5, 5.41) is 9.53. The fourth-order valence-corrected chi connectivity index (χ4v) is 2.56. The molecule has 0 spiro atoms. The summed E-state index contributed by atoms with van der Waals surface area (Å²) in [6.45, 7) is 3.57. The minimum Gasteiger partial charge on any atom is -0.480 e. The molecule has 120 valence electrons. The third kappa shape index (κ3) is 3.74. The van der Waals surface area contributed by atoms with E-state index in [4.69, 9.17) is 0 Å². The van der Waals surface area contributed by atoms with Crippen LogP contribution in [0, 0.1) is 13.8 Å². The lowest BCUT2D eigenvalue weighted by molar-refractivity contribution is -0.141. The van der Waals surface area contributed by atoms with Crippen molar-refractivity contribution in [2.45, 2.75) is 26.3 Å². The van der Waals surface area contributed by atoms with Gasteiger partial charge >= 0.3 is 5.97 Å². The van der Waals surface area contributed by atoms with Gasteiger partial charge in [-0.05, 0) is 31.0 Å². The maximum Gasteiger partial charge on any atom is 0.326 e. The Bertz CT molecular complexity index is 693. The molecular weight excluding hydrogens is 292 g/mol. The van der Waals surface area contributed by atoms with Crippen molar-refractivity contribution in [3.05, 3.63) is 65.0 Å². The van der Waals surface area contributed by atoms with Crippen molar-refractivity contribution < 1.29 is 14.7 Å². The highest BCUT2D eigenvalue weighted by molar-refractivity contribution is 5.98. The Labute approximate surface area is 135 Å². The number of amides is 1. The minimum absolute atomic E-state index is 0.261. The van der Waals surface area contributed by atoms with Gasteiger partial charge in [0.15, 0.2) is 0 Å². The molecule has 0 unspecified atom stereocenters. The zero-order valence-corrected chi connectivity index (χ0v) is 13.5. The van der Waals surface area contributed by atoms with Crippen LogP contribution in [-0.2, 0) is 11.2 Å². The van der Waals surface area contributed by atoms with E-state index < -0.39 is 12.0 Å². The number of rotatable bonds is 5. The zero-order valence-electron chi connectivity index (χ0n) is 13.5. The Morgan fingerprint density at radius 1 is 1.17 bits per heavy atom. The van der Waals surface area contributed by atoms with Crippen LogP contribution in [0.15, 0.2) is 42.6 Å². The van der Waals surface area contributed by atoms with Crippen molar-refractivity contribution in [2.24, 2.45) is 0 Å². The van der Waals surface area contributed by atoms with Crippen LogP contribution in [-0.4, -0.2) is 40.0 Å². The number of hydrogen-bond acceptors (Lipinski definition) is 3. The quantitative estimate of drug-likeness (QED) is 0.920. The average molecular weight is 312 g/mol. The van der Waals surface area contributed by atoms with Crippen LogP contribution in [0.2, 0.25) is 0 Å². The van der Waals surface area contributed by atoms with Gasteiger partial charge in [-0.25, -0.2) is 4.79 Å². The smallest absolute Gasteiger partial charge is 0.326 e. The standard InChI is InChI=1S/C18H20N2O3/c1-12-9-10-19-13(2)16(12)17(21)20(3)15(18(22)23)11-14-7-5-4-6-8-14/h4-10,15H,11H2,1-3H3,(H,22,23)/t15-/m0/s1. The SMILES string of the molecule is Cc1ccnc(C)c1C(=O)N(C)[C@@H](Cc1ccccc1)C(=O)O. The van der Waals surface area contributed by atoms with Gasteiger partial charge in [0.05, 0.1) is 11.3 Å². The fourth-order valence-electron chi connectivity index (χ4n) is 2.56. The first-order valence-corrected chi connectivity index (χ1v) is 7.38. The molecule has 0 aliphatic rings. The van der Waals surface area contributed by atoms with Crippen molar-refractivity contribution in [2.75, 3.05) is 7.05 Å². The number of carbonyl (C=O) groups excluding carboxylic acids is 1. The van der Waals surface area contributed by atoms with E-state index in [1.165, 1.54) is 11.9 Å². The van der Waals surface area contributed by atoms with Gasteiger partial charge in [0.25, 0.3) is 5.91 Å². The highest BCUT2D eigenvalue weighted by atomic mass is 16.4. The number of nitrogens with zero attached hydrogens (tertiary/aromatic N) is 2. The second-order valence-corrected chi connectivity index (χ2v) is 5.55. The van der Waals surface area contributed by atoms with Crippen LogP contribution in [0.3, 0.4) is 0 Å². The first-order chi connectivity index (χ1) is 10.9. The van der Waals surface area contributed by atoms with E-state index in [9.17, 15) is 14.7 Å². The third-order valence-electron chi connectivity index (χ3n) is 3.91. The van der Waals surface area contributed by atoms with Gasteiger partial charge in [-0.3, -0.25) is 9.78 Å². The number of aromatic nitrogens is 1. The molecule has 5 heteroatoms. The Morgan fingerprint density at radius 3 is 2.39 bits per heavy atom. The molecule has 1 aromatic carbocycles. The average Bonchev–Trinajstić information content (AvgIpc) is 2.52. The summed E-state index contributed by atoms with van der Waals surface area (Å²) in [4.78, 5) is 29.8. The van der Waals surface area contributed by atoms with E-state index >= 15 is 0 Å². The first kappa shape index (κ1) is 16.7. The molecule has 1 atom stereocenters. The van der Waals surface area contributed by atoms with Crippen molar-refractivity contribution in [3.63, 3.8) is 0 Å². The highest BCUT2D eigenvalue weighted by Crippen LogP contribution is 2.16. The van der Waals surface area contributed by atoms with Crippen LogP contribution in [0.1, 0.15) is 27.2 Å². The Hall–Kier alpha value is -2.69. The van der Waals surface area contributed by atoms with Crippen molar-refractivity contribution in [1.29, 1.82) is 0 Å². The molecule has 2 rings (SSSR count). The monoisotopic (exact) mass is 312 g/mol. The summed E-state index contributed by atoms with van der Waals surface area (Å²) >= 11 is 0. The maximum atomic E-state index is 12.7. The summed E-state index contributed by atoms with van der Waals surface area (Å²) < 4.78 is 0. The van der Waals surface area contributed by atoms with Crippen LogP contribution in [0.5, 0.6) is 0 Å². The van der Waals surface area contributed by atoms with Gasteiger partial charge in [-0.2, -0.15) is 0 Å². The molecule has 0 aliphatic heterocycles. The molecular formula is C18H20N2O3. The van der Waals surface area contributed by atoms with Crippen molar-refractivity contribution in [1.82, 2.24) is 9.88 Å². The molecule has 1 amide bonds. The van der Waals surface area contributed by atoms with E-state index in [1.54, 1.807) is 19.2 Å². The van der Waals surface area contributed by atoms with Crippen molar-refractivity contribution in [3.8, 4) is 0 Å². The summed E-state index contributed by atoms with van der Waals surface area (Å²) in [6.07, 6.45) is 1.90. The van der Waals surface area contributed by atoms with Gasteiger partial charge in [0, 0.05) is 19.7 Å². The number of benzene rings is 1. The number of carboxylic acid groups (broad SMARTS) is 1. The van der Waals surface area contributed by atoms with Gasteiger partial charge in [-0.1, -0.05) is 30.3 Å². The number of aliphatic carboxylic acids is 1. The van der Waals surface area contributed by atoms with E-state index in [2.05, 4.69) is 4.98 Å². The van der Waals surface area contributed by atoms with Crippen LogP contribution in [0.4, 0.5) is 0 Å². The number of pyridine rings is 1. The summed E-state index contributed by atoms with van der Waals surface area (Å²) in [7, 11) is 1.52. The van der Waals surface area contributed by atoms with Crippen LogP contribution in [0.25, 0.3) is 0 Å². The Balaban J connectivity index is 2.29. The van der Waals surface area contributed by atoms with Gasteiger partial charge < -0.3 is 10.0 Å². The lowest BCUT2D eigenvalue weighted by Crippen LogP contribution is -2.44. The van der Waals surface area contributed by atoms with E-state index in [1.807, 2.05) is 37.3 Å². The number of hydrogen-bond donors (Lipinski definition) is 1. The highest BCUT2D eigenvalue weighted by Gasteiger charge is 2.29. The molecule has 0 aliphatic carbocycles. The molecule has 5 nitrogen and oxygen atoms in total. The van der Waals surface area contributed by atoms with Crippen LogP contribution >= 0.6 is 0 Å². The molecule has 0 bridgehead atoms. The molecule has 0 fully saturated rings. The first-order valence-electron chi connectivity index (χ1n) is 7.38. The summed E-state index contributed by atoms with van der Waals surface area (Å²) in [6, 6.07) is 10.1. The Morgan fingerprint density at radius 2 is 1.83 bits per heavy atom. The normalized spacial score (nSPS) is 11.8. The van der Waals surface area contributed by atoms with E-state index in [0.29, 0.717) is 11.3 Å². The second kappa shape index (κ2) is 7.05.